The second kappa shape index (κ2) is 4.27. The van der Waals surface area contributed by atoms with Crippen LogP contribution in [0.15, 0.2) is 72.4 Å². The molecule has 98 valence electrons. The van der Waals surface area contributed by atoms with E-state index in [4.69, 9.17) is 5.73 Å². The topological polar surface area (TPSA) is 29.3 Å². The van der Waals surface area contributed by atoms with Crippen molar-refractivity contribution >= 4 is 16.9 Å². The summed E-state index contributed by atoms with van der Waals surface area (Å²) in [4.78, 5) is 2.40. The third kappa shape index (κ3) is 1.51. The minimum absolute atomic E-state index is 0.319. The van der Waals surface area contributed by atoms with Crippen LogP contribution in [0.1, 0.15) is 12.0 Å². The Morgan fingerprint density at radius 2 is 1.70 bits per heavy atom. The van der Waals surface area contributed by atoms with Crippen LogP contribution in [0, 0.1) is 0 Å². The van der Waals surface area contributed by atoms with E-state index in [9.17, 15) is 0 Å². The van der Waals surface area contributed by atoms with Crippen molar-refractivity contribution in [3.8, 4) is 0 Å². The van der Waals surface area contributed by atoms with E-state index >= 15 is 0 Å². The predicted octanol–water partition coefficient (Wildman–Crippen LogP) is 3.84. The smallest absolute Gasteiger partial charge is 0.0653 e. The van der Waals surface area contributed by atoms with Gasteiger partial charge < -0.3 is 10.6 Å². The summed E-state index contributed by atoms with van der Waals surface area (Å²) < 4.78 is 0. The van der Waals surface area contributed by atoms with Gasteiger partial charge in [-0.25, -0.2) is 0 Å². The van der Waals surface area contributed by atoms with Crippen LogP contribution in [0.25, 0.3) is 5.57 Å². The highest BCUT2D eigenvalue weighted by Crippen LogP contribution is 2.47. The molecule has 1 heterocycles. The van der Waals surface area contributed by atoms with Gasteiger partial charge in [0.25, 0.3) is 0 Å². The first-order chi connectivity index (χ1) is 9.86. The highest BCUT2D eigenvalue weighted by molar-refractivity contribution is 5.94. The summed E-state index contributed by atoms with van der Waals surface area (Å²) in [6, 6.07) is 19.4. The molecular weight excluding hydrogens is 244 g/mol. The lowest BCUT2D eigenvalue weighted by atomic mass is 9.94. The fourth-order valence-corrected chi connectivity index (χ4v) is 3.28. The lowest BCUT2D eigenvalue weighted by Gasteiger charge is -2.29. The van der Waals surface area contributed by atoms with Gasteiger partial charge in [-0.3, -0.25) is 0 Å². The van der Waals surface area contributed by atoms with Crippen LogP contribution in [-0.2, 0) is 0 Å². The maximum atomic E-state index is 6.24. The molecule has 2 N–H and O–H groups in total. The number of para-hydroxylation sites is 2. The number of anilines is 2. The number of benzene rings is 2. The first-order valence-electron chi connectivity index (χ1n) is 6.96. The largest absolute Gasteiger partial charge is 0.398 e. The van der Waals surface area contributed by atoms with E-state index in [0.29, 0.717) is 6.04 Å². The van der Waals surface area contributed by atoms with Crippen LogP contribution in [-0.4, -0.2) is 6.04 Å². The summed E-state index contributed by atoms with van der Waals surface area (Å²) in [7, 11) is 0. The van der Waals surface area contributed by atoms with Crippen molar-refractivity contribution in [2.24, 2.45) is 5.73 Å². The first kappa shape index (κ1) is 11.4. The first-order valence-corrected chi connectivity index (χ1v) is 6.96. The zero-order valence-electron chi connectivity index (χ0n) is 11.2. The van der Waals surface area contributed by atoms with E-state index in [0.717, 1.165) is 12.1 Å². The molecule has 0 fully saturated rings. The van der Waals surface area contributed by atoms with Crippen LogP contribution < -0.4 is 10.6 Å². The van der Waals surface area contributed by atoms with E-state index in [2.05, 4.69) is 65.6 Å². The van der Waals surface area contributed by atoms with Gasteiger partial charge in [0.1, 0.15) is 0 Å². The van der Waals surface area contributed by atoms with Gasteiger partial charge in [0.15, 0.2) is 0 Å². The highest BCUT2D eigenvalue weighted by atomic mass is 15.2. The van der Waals surface area contributed by atoms with E-state index in [1.54, 1.807) is 0 Å². The fraction of sp³-hybridized carbons (Fsp3) is 0.111. The van der Waals surface area contributed by atoms with Crippen molar-refractivity contribution in [1.82, 2.24) is 0 Å². The van der Waals surface area contributed by atoms with Crippen molar-refractivity contribution in [2.75, 3.05) is 4.90 Å². The SMILES string of the molecule is NC1=C2c3ccccc3N(c3ccccc3)C2CC=C1. The Balaban J connectivity index is 1.96. The molecular formula is C18H16N2. The third-order valence-corrected chi connectivity index (χ3v) is 4.10. The minimum Gasteiger partial charge on any atom is -0.398 e. The molecule has 4 rings (SSSR count). The highest BCUT2D eigenvalue weighted by Gasteiger charge is 2.36. The zero-order valence-corrected chi connectivity index (χ0v) is 11.2. The molecule has 2 aliphatic rings. The van der Waals surface area contributed by atoms with E-state index in [1.807, 2.05) is 6.08 Å². The number of allylic oxidation sites excluding steroid dienone is 1. The van der Waals surface area contributed by atoms with E-state index in [-0.39, 0.29) is 0 Å². The number of rotatable bonds is 1. The van der Waals surface area contributed by atoms with Crippen molar-refractivity contribution in [3.05, 3.63) is 78.0 Å². The van der Waals surface area contributed by atoms with E-state index in [1.165, 1.54) is 22.5 Å². The van der Waals surface area contributed by atoms with Crippen molar-refractivity contribution in [1.29, 1.82) is 0 Å². The number of fused-ring (bicyclic) bond motifs is 3. The van der Waals surface area contributed by atoms with Crippen LogP contribution >= 0.6 is 0 Å². The van der Waals surface area contributed by atoms with Crippen LogP contribution in [0.2, 0.25) is 0 Å². The van der Waals surface area contributed by atoms with Gasteiger partial charge in [-0.05, 0) is 30.7 Å². The summed E-state index contributed by atoms with van der Waals surface area (Å²) in [6.07, 6.45) is 5.21. The van der Waals surface area contributed by atoms with Crippen molar-refractivity contribution in [2.45, 2.75) is 12.5 Å². The Kier molecular flexibility index (Phi) is 2.43. The fourth-order valence-electron chi connectivity index (χ4n) is 3.28. The second-order valence-electron chi connectivity index (χ2n) is 5.25. The molecule has 0 saturated carbocycles. The normalized spacial score (nSPS) is 20.0. The standard InChI is InChI=1S/C18H16N2/c19-15-10-6-12-17-18(15)14-9-4-5-11-16(14)20(17)13-7-2-1-3-8-13/h1-11,17H,12,19H2. The summed E-state index contributed by atoms with van der Waals surface area (Å²) in [5.74, 6) is 0. The Bertz CT molecular complexity index is 713. The number of nitrogens with two attached hydrogens (primary N) is 1. The van der Waals surface area contributed by atoms with Gasteiger partial charge in [0, 0.05) is 28.2 Å². The molecule has 0 bridgehead atoms. The van der Waals surface area contributed by atoms with Crippen molar-refractivity contribution < 1.29 is 0 Å². The predicted molar refractivity (Wildman–Crippen MR) is 83.7 cm³/mol. The molecule has 1 aliphatic carbocycles. The Morgan fingerprint density at radius 3 is 2.55 bits per heavy atom. The molecule has 1 atom stereocenters. The van der Waals surface area contributed by atoms with Gasteiger partial charge in [-0.1, -0.05) is 42.5 Å². The Hall–Kier alpha value is -2.48. The lowest BCUT2D eigenvalue weighted by Crippen LogP contribution is -2.28. The summed E-state index contributed by atoms with van der Waals surface area (Å²) in [5, 5.41) is 0. The van der Waals surface area contributed by atoms with Crippen LogP contribution in [0.3, 0.4) is 0 Å². The summed E-state index contributed by atoms with van der Waals surface area (Å²) in [6.45, 7) is 0. The molecule has 0 amide bonds. The molecule has 0 radical (unpaired) electrons. The van der Waals surface area contributed by atoms with Gasteiger partial charge in [0.2, 0.25) is 0 Å². The molecule has 1 unspecified atom stereocenters. The molecule has 2 aromatic carbocycles. The van der Waals surface area contributed by atoms with Crippen molar-refractivity contribution in [3.63, 3.8) is 0 Å². The van der Waals surface area contributed by atoms with Gasteiger partial charge >= 0.3 is 0 Å². The maximum absolute atomic E-state index is 6.24. The summed E-state index contributed by atoms with van der Waals surface area (Å²) >= 11 is 0. The molecule has 2 aromatic rings. The monoisotopic (exact) mass is 260 g/mol. The average molecular weight is 260 g/mol. The molecule has 0 aromatic heterocycles. The molecule has 2 nitrogen and oxygen atoms in total. The molecule has 0 spiro atoms. The second-order valence-corrected chi connectivity index (χ2v) is 5.25. The van der Waals surface area contributed by atoms with Gasteiger partial charge in [-0.2, -0.15) is 0 Å². The number of hydrogen-bond donors (Lipinski definition) is 1. The van der Waals surface area contributed by atoms with Gasteiger partial charge in [0.05, 0.1) is 6.04 Å². The van der Waals surface area contributed by atoms with Crippen LogP contribution in [0.4, 0.5) is 11.4 Å². The average Bonchev–Trinajstić information content (AvgIpc) is 2.84. The zero-order chi connectivity index (χ0) is 13.5. The Labute approximate surface area is 118 Å². The molecule has 1 aliphatic heterocycles. The number of nitrogens with zero attached hydrogens (tertiary/aromatic N) is 1. The molecule has 2 heteroatoms. The molecule has 20 heavy (non-hydrogen) atoms. The quantitative estimate of drug-likeness (QED) is 0.844. The summed E-state index contributed by atoms with van der Waals surface area (Å²) in [5.41, 5.74) is 12.2. The Morgan fingerprint density at radius 1 is 0.950 bits per heavy atom. The minimum atomic E-state index is 0.319. The molecule has 0 saturated heterocycles. The van der Waals surface area contributed by atoms with Gasteiger partial charge in [-0.15, -0.1) is 0 Å². The lowest BCUT2D eigenvalue weighted by molar-refractivity contribution is 0.822. The number of hydrogen-bond acceptors (Lipinski definition) is 2. The van der Waals surface area contributed by atoms with E-state index < -0.39 is 0 Å². The maximum Gasteiger partial charge on any atom is 0.0653 e. The third-order valence-electron chi connectivity index (χ3n) is 4.10. The van der Waals surface area contributed by atoms with Crippen LogP contribution in [0.5, 0.6) is 0 Å².